The fraction of sp³-hybridized carbons (Fsp3) is 0.360. The van der Waals surface area contributed by atoms with Crippen molar-refractivity contribution in [3.8, 4) is 5.88 Å². The quantitative estimate of drug-likeness (QED) is 0.449. The molecule has 0 aliphatic carbocycles. The Kier molecular flexibility index (Phi) is 7.02. The monoisotopic (exact) mass is 487 g/mol. The minimum atomic E-state index is -4.50. The van der Waals surface area contributed by atoms with Crippen LogP contribution in [-0.4, -0.2) is 72.6 Å². The summed E-state index contributed by atoms with van der Waals surface area (Å²) in [4.78, 5) is 24.5. The first-order valence-corrected chi connectivity index (χ1v) is 11.5. The number of rotatable bonds is 6. The summed E-state index contributed by atoms with van der Waals surface area (Å²) < 4.78 is 37.5. The normalized spacial score (nSPS) is 15.6. The second-order valence-corrected chi connectivity index (χ2v) is 8.63. The topological polar surface area (TPSA) is 84.0 Å². The first-order chi connectivity index (χ1) is 16.6. The van der Waals surface area contributed by atoms with Gasteiger partial charge in [-0.15, -0.1) is 0 Å². The van der Waals surface area contributed by atoms with Gasteiger partial charge >= 0.3 is 6.18 Å². The van der Waals surface area contributed by atoms with Gasteiger partial charge in [0.15, 0.2) is 5.88 Å². The maximum atomic E-state index is 12.5. The Hall–Kier alpha value is -3.53. The molecule has 7 nitrogen and oxygen atoms in total. The molecule has 10 heteroatoms. The van der Waals surface area contributed by atoms with E-state index in [1.54, 1.807) is 6.07 Å². The number of hydrogen-bond donors (Lipinski definition) is 3. The van der Waals surface area contributed by atoms with Crippen LogP contribution in [-0.2, 0) is 0 Å². The highest BCUT2D eigenvalue weighted by atomic mass is 19.4. The van der Waals surface area contributed by atoms with Crippen molar-refractivity contribution in [3.05, 3.63) is 53.6 Å². The summed E-state index contributed by atoms with van der Waals surface area (Å²) in [5.74, 6) is -0.951. The maximum Gasteiger partial charge on any atom is 0.405 e. The van der Waals surface area contributed by atoms with Gasteiger partial charge in [0.25, 0.3) is 5.91 Å². The third kappa shape index (κ3) is 5.76. The minimum Gasteiger partial charge on any atom is -0.494 e. The van der Waals surface area contributed by atoms with Crippen molar-refractivity contribution in [3.63, 3.8) is 0 Å². The lowest BCUT2D eigenvalue weighted by atomic mass is 10.0. The van der Waals surface area contributed by atoms with E-state index in [1.165, 1.54) is 12.1 Å². The third-order valence-corrected chi connectivity index (χ3v) is 6.10. The summed E-state index contributed by atoms with van der Waals surface area (Å²) in [7, 11) is 2.11. The Morgan fingerprint density at radius 3 is 2.43 bits per heavy atom. The molecule has 0 saturated carbocycles. The van der Waals surface area contributed by atoms with Crippen molar-refractivity contribution < 1.29 is 23.1 Å². The number of piperazine rings is 1. The second-order valence-electron chi connectivity index (χ2n) is 8.63. The number of nitrogens with one attached hydrogen (secondary N) is 2. The molecule has 3 N–H and O–H groups in total. The smallest absolute Gasteiger partial charge is 0.405 e. The Balaban J connectivity index is 1.61. The lowest BCUT2D eigenvalue weighted by Gasteiger charge is -2.34. The van der Waals surface area contributed by atoms with Crippen LogP contribution >= 0.6 is 0 Å². The average molecular weight is 488 g/mol. The maximum absolute atomic E-state index is 12.5. The number of fused-ring (bicyclic) bond motifs is 1. The van der Waals surface area contributed by atoms with Crippen molar-refractivity contribution in [2.75, 3.05) is 44.7 Å². The van der Waals surface area contributed by atoms with E-state index in [2.05, 4.69) is 21.8 Å². The first-order valence-electron chi connectivity index (χ1n) is 11.5. The molecule has 0 radical (unpaired) electrons. The summed E-state index contributed by atoms with van der Waals surface area (Å²) in [6.45, 7) is 4.42. The lowest BCUT2D eigenvalue weighted by Crippen LogP contribution is -2.44. The zero-order valence-corrected chi connectivity index (χ0v) is 19.6. The molecule has 35 heavy (non-hydrogen) atoms. The molecule has 1 aliphatic heterocycles. The fourth-order valence-corrected chi connectivity index (χ4v) is 4.16. The average Bonchev–Trinajstić information content (AvgIpc) is 3.16. The summed E-state index contributed by atoms with van der Waals surface area (Å²) in [6, 6.07) is 12.3. The molecule has 2 aromatic carbocycles. The van der Waals surface area contributed by atoms with E-state index >= 15 is 0 Å². The lowest BCUT2D eigenvalue weighted by molar-refractivity contribution is -0.123. The Labute approximate surface area is 201 Å². The van der Waals surface area contributed by atoms with E-state index < -0.39 is 18.6 Å². The fourth-order valence-electron chi connectivity index (χ4n) is 4.16. The van der Waals surface area contributed by atoms with Crippen LogP contribution in [0.15, 0.2) is 47.5 Å². The number of aromatic nitrogens is 1. The molecule has 0 spiro atoms. The molecule has 4 rings (SSSR count). The van der Waals surface area contributed by atoms with Crippen molar-refractivity contribution in [2.45, 2.75) is 19.5 Å². The first kappa shape index (κ1) is 24.6. The molecular formula is C25H28F3N5O2. The van der Waals surface area contributed by atoms with Gasteiger partial charge < -0.3 is 25.2 Å². The number of benzene rings is 2. The molecule has 1 aromatic heterocycles. The summed E-state index contributed by atoms with van der Waals surface area (Å²) in [6.07, 6.45) is -4.01. The number of halogens is 3. The molecule has 0 unspecified atom stereocenters. The van der Waals surface area contributed by atoms with E-state index in [1.807, 2.05) is 36.5 Å². The van der Waals surface area contributed by atoms with Crippen molar-refractivity contribution in [2.24, 2.45) is 4.99 Å². The zero-order chi connectivity index (χ0) is 25.2. The predicted molar refractivity (Wildman–Crippen MR) is 131 cm³/mol. The predicted octanol–water partition coefficient (Wildman–Crippen LogP) is 4.45. The SMILES string of the molecule is CCC(=Nc1ccc(N2CCN(C)CC2)cc1)c1c(O)[nH]c2ccc(C(=O)NCC(F)(F)F)cc12. The van der Waals surface area contributed by atoms with Crippen LogP contribution in [0.5, 0.6) is 5.88 Å². The number of alkyl halides is 3. The van der Waals surface area contributed by atoms with Gasteiger partial charge in [0.05, 0.1) is 17.0 Å². The van der Waals surface area contributed by atoms with E-state index in [9.17, 15) is 23.1 Å². The molecular weight excluding hydrogens is 459 g/mol. The summed E-state index contributed by atoms with van der Waals surface area (Å²) in [5, 5.41) is 13.0. The highest BCUT2D eigenvalue weighted by Crippen LogP contribution is 2.31. The van der Waals surface area contributed by atoms with Gasteiger partial charge in [-0.25, -0.2) is 0 Å². The van der Waals surface area contributed by atoms with Gasteiger partial charge in [-0.3, -0.25) is 9.79 Å². The number of anilines is 1. The van der Waals surface area contributed by atoms with E-state index in [-0.39, 0.29) is 11.4 Å². The van der Waals surface area contributed by atoms with Crippen LogP contribution in [0.4, 0.5) is 24.5 Å². The van der Waals surface area contributed by atoms with Crippen LogP contribution < -0.4 is 10.2 Å². The molecule has 1 saturated heterocycles. The number of likely N-dealkylation sites (N-methyl/N-ethyl adjacent to an activating group) is 1. The third-order valence-electron chi connectivity index (χ3n) is 6.10. The molecule has 1 fully saturated rings. The standard InChI is InChI=1S/C25H28F3N5O2/c1-3-20(30-17-5-7-18(8-6-17)33-12-10-32(2)11-13-33)22-19-14-16(4-9-21(19)31-24(22)35)23(34)29-15-25(26,27)28/h4-9,14,31,35H,3,10-13,15H2,1-2H3,(H,29,34). The van der Waals surface area contributed by atoms with Gasteiger partial charge in [0.1, 0.15) is 6.54 Å². The molecule has 1 amide bonds. The Bertz CT molecular complexity index is 1230. The van der Waals surface area contributed by atoms with Crippen LogP contribution in [0.2, 0.25) is 0 Å². The number of aromatic amines is 1. The number of carbonyl (C=O) groups excluding carboxylic acids is 1. The van der Waals surface area contributed by atoms with Gasteiger partial charge in [0, 0.05) is 48.3 Å². The molecule has 3 aromatic rings. The van der Waals surface area contributed by atoms with E-state index in [0.717, 1.165) is 31.9 Å². The second kappa shape index (κ2) is 9.99. The Morgan fingerprint density at radius 2 is 1.80 bits per heavy atom. The van der Waals surface area contributed by atoms with Crippen molar-refractivity contribution >= 4 is 33.9 Å². The van der Waals surface area contributed by atoms with Crippen molar-refractivity contribution in [1.82, 2.24) is 15.2 Å². The van der Waals surface area contributed by atoms with Crippen LogP contribution in [0.3, 0.4) is 0 Å². The van der Waals surface area contributed by atoms with E-state index in [0.29, 0.717) is 34.3 Å². The highest BCUT2D eigenvalue weighted by molar-refractivity contribution is 6.14. The number of nitrogens with zero attached hydrogens (tertiary/aromatic N) is 3. The van der Waals surface area contributed by atoms with Crippen LogP contribution in [0.25, 0.3) is 10.9 Å². The van der Waals surface area contributed by atoms with Crippen LogP contribution in [0.1, 0.15) is 29.3 Å². The van der Waals surface area contributed by atoms with Crippen molar-refractivity contribution in [1.29, 1.82) is 0 Å². The molecule has 2 heterocycles. The molecule has 1 aliphatic rings. The van der Waals surface area contributed by atoms with Gasteiger partial charge in [0.2, 0.25) is 0 Å². The number of carbonyl (C=O) groups is 1. The number of aromatic hydroxyl groups is 1. The number of amides is 1. The summed E-state index contributed by atoms with van der Waals surface area (Å²) >= 11 is 0. The van der Waals surface area contributed by atoms with Gasteiger partial charge in [-0.2, -0.15) is 13.2 Å². The Morgan fingerprint density at radius 1 is 1.11 bits per heavy atom. The molecule has 0 bridgehead atoms. The largest absolute Gasteiger partial charge is 0.494 e. The number of H-pyrrole nitrogens is 1. The van der Waals surface area contributed by atoms with Crippen LogP contribution in [0, 0.1) is 0 Å². The molecule has 186 valence electrons. The number of aliphatic imine (C=N–C) groups is 1. The zero-order valence-electron chi connectivity index (χ0n) is 19.6. The van der Waals surface area contributed by atoms with E-state index in [4.69, 9.17) is 4.99 Å². The summed E-state index contributed by atoms with van der Waals surface area (Å²) in [5.41, 5.74) is 3.47. The number of hydrogen-bond acceptors (Lipinski definition) is 5. The molecule has 0 atom stereocenters. The van der Waals surface area contributed by atoms with Gasteiger partial charge in [-0.05, 0) is 55.9 Å². The highest BCUT2D eigenvalue weighted by Gasteiger charge is 2.28. The minimum absolute atomic E-state index is 0.0639. The van der Waals surface area contributed by atoms with Gasteiger partial charge in [-0.1, -0.05) is 6.92 Å².